The number of hydrogen-bond acceptors (Lipinski definition) is 5. The molecule has 3 rings (SSSR count). The third-order valence-electron chi connectivity index (χ3n) is 3.46. The lowest BCUT2D eigenvalue weighted by Crippen LogP contribution is -2.28. The van der Waals surface area contributed by atoms with Gasteiger partial charge in [-0.2, -0.15) is 0 Å². The Morgan fingerprint density at radius 3 is 3.10 bits per heavy atom. The van der Waals surface area contributed by atoms with Crippen LogP contribution < -0.4 is 4.57 Å². The van der Waals surface area contributed by atoms with Gasteiger partial charge in [0.1, 0.15) is 13.1 Å². The highest BCUT2D eigenvalue weighted by atomic mass is 16.6. The number of hydrogen-bond donors (Lipinski definition) is 0. The number of tetrazole rings is 1. The van der Waals surface area contributed by atoms with Crippen molar-refractivity contribution in [1.29, 1.82) is 0 Å². The van der Waals surface area contributed by atoms with Gasteiger partial charge in [0, 0.05) is 17.8 Å². The summed E-state index contributed by atoms with van der Waals surface area (Å²) in [7, 11) is 1.93. The maximum absolute atomic E-state index is 11.2. The van der Waals surface area contributed by atoms with Crippen LogP contribution in [-0.4, -0.2) is 25.1 Å². The van der Waals surface area contributed by atoms with Crippen LogP contribution in [0, 0.1) is 17.0 Å². The van der Waals surface area contributed by atoms with Crippen LogP contribution >= 0.6 is 0 Å². The molecule has 0 N–H and O–H groups in total. The average Bonchev–Trinajstić information content (AvgIpc) is 2.90. The Hall–Kier alpha value is -2.84. The summed E-state index contributed by atoms with van der Waals surface area (Å²) < 4.78 is 3.33. The number of rotatable bonds is 3. The molecule has 108 valence electrons. The molecule has 3 heterocycles. The molecular formula is C12H13N7O2. The van der Waals surface area contributed by atoms with Crippen LogP contribution in [-0.2, 0) is 13.5 Å². The molecule has 2 aromatic heterocycles. The first-order chi connectivity index (χ1) is 10.1. The van der Waals surface area contributed by atoms with Crippen molar-refractivity contribution in [3.05, 3.63) is 56.9 Å². The van der Waals surface area contributed by atoms with E-state index in [1.165, 1.54) is 10.9 Å². The van der Waals surface area contributed by atoms with Crippen molar-refractivity contribution in [2.75, 3.05) is 0 Å². The van der Waals surface area contributed by atoms with Crippen LogP contribution in [0.4, 0.5) is 5.95 Å². The first-order valence-electron chi connectivity index (χ1n) is 6.34. The summed E-state index contributed by atoms with van der Waals surface area (Å²) in [6.45, 7) is 1.97. The largest absolute Gasteiger partial charge is 0.358 e. The summed E-state index contributed by atoms with van der Waals surface area (Å²) in [6.07, 6.45) is 5.55. The van der Waals surface area contributed by atoms with Gasteiger partial charge in [0.25, 0.3) is 5.70 Å². The van der Waals surface area contributed by atoms with Crippen molar-refractivity contribution < 1.29 is 9.49 Å². The topological polar surface area (TPSA) is 105 Å². The molecule has 0 radical (unpaired) electrons. The monoisotopic (exact) mass is 287 g/mol. The highest BCUT2D eigenvalue weighted by Gasteiger charge is 2.29. The normalized spacial score (nSPS) is 16.9. The first kappa shape index (κ1) is 13.2. The minimum atomic E-state index is -0.561. The van der Waals surface area contributed by atoms with Crippen LogP contribution in [0.3, 0.4) is 0 Å². The zero-order valence-electron chi connectivity index (χ0n) is 11.5. The molecule has 0 bridgehead atoms. The number of nitro groups is 1. The summed E-state index contributed by atoms with van der Waals surface area (Å²) in [5.41, 5.74) is 2.05. The lowest BCUT2D eigenvalue weighted by atomic mass is 10.0. The Kier molecular flexibility index (Phi) is 3.09. The molecule has 0 aromatic carbocycles. The zero-order chi connectivity index (χ0) is 15.0. The van der Waals surface area contributed by atoms with Gasteiger partial charge in [0.05, 0.1) is 10.9 Å². The van der Waals surface area contributed by atoms with E-state index >= 15 is 0 Å². The molecule has 2 aromatic rings. The van der Waals surface area contributed by atoms with Crippen LogP contribution in [0.25, 0.3) is 5.32 Å². The zero-order valence-corrected chi connectivity index (χ0v) is 11.5. The number of aromatic nitrogens is 5. The van der Waals surface area contributed by atoms with E-state index in [1.54, 1.807) is 0 Å². The smallest absolute Gasteiger partial charge is 0.259 e. The van der Waals surface area contributed by atoms with E-state index in [4.69, 9.17) is 0 Å². The fraction of sp³-hybridized carbons (Fsp3) is 0.333. The fourth-order valence-electron chi connectivity index (χ4n) is 2.38. The molecule has 0 saturated carbocycles. The summed E-state index contributed by atoms with van der Waals surface area (Å²) in [6, 6.07) is 1.39. The lowest BCUT2D eigenvalue weighted by molar-refractivity contribution is -0.671. The first-order valence-corrected chi connectivity index (χ1v) is 6.34. The molecule has 1 unspecified atom stereocenters. The number of allylic oxidation sites excluding steroid dienone is 1. The number of aryl methyl sites for hydroxylation is 2. The van der Waals surface area contributed by atoms with Crippen molar-refractivity contribution in [2.24, 2.45) is 7.05 Å². The van der Waals surface area contributed by atoms with Crippen molar-refractivity contribution in [3.63, 3.8) is 0 Å². The molecule has 0 fully saturated rings. The van der Waals surface area contributed by atoms with E-state index < -0.39 is 11.0 Å². The second-order valence-electron chi connectivity index (χ2n) is 4.90. The second kappa shape index (κ2) is 4.93. The van der Waals surface area contributed by atoms with Crippen molar-refractivity contribution in [1.82, 2.24) is 20.2 Å². The van der Waals surface area contributed by atoms with Crippen LogP contribution in [0.15, 0.2) is 30.4 Å². The summed E-state index contributed by atoms with van der Waals surface area (Å²) >= 11 is 0. The van der Waals surface area contributed by atoms with Crippen LogP contribution in [0.5, 0.6) is 0 Å². The number of fused-ring (bicyclic) bond motifs is 1. The molecule has 1 aliphatic rings. The van der Waals surface area contributed by atoms with Gasteiger partial charge in [-0.3, -0.25) is 19.9 Å². The van der Waals surface area contributed by atoms with Gasteiger partial charge in [-0.1, -0.05) is 0 Å². The van der Waals surface area contributed by atoms with Crippen LogP contribution in [0.2, 0.25) is 0 Å². The quantitative estimate of drug-likeness (QED) is 0.470. The van der Waals surface area contributed by atoms with Crippen molar-refractivity contribution >= 4 is 5.95 Å². The second-order valence-corrected chi connectivity index (χ2v) is 4.90. The third-order valence-corrected chi connectivity index (χ3v) is 3.46. The van der Waals surface area contributed by atoms with Gasteiger partial charge < -0.3 is 5.32 Å². The number of pyridine rings is 1. The summed E-state index contributed by atoms with van der Waals surface area (Å²) in [5.74, 6) is 0.282. The lowest BCUT2D eigenvalue weighted by Gasteiger charge is -2.25. The van der Waals surface area contributed by atoms with Gasteiger partial charge in [0.2, 0.25) is 0 Å². The predicted octanol–water partition coefficient (Wildman–Crippen LogP) is 0.727. The van der Waals surface area contributed by atoms with Gasteiger partial charge >= 0.3 is 0 Å². The molecule has 1 atom stereocenters. The average molecular weight is 287 g/mol. The molecule has 0 amide bonds. The standard InChI is InChI=1S/C12H13N7O2/c1-8-7-17(2)4-3-9(8)5-10-11(19(20)21)6-13-12-14-15-16-18(10)12/h3-4,6-7,10H,5H2,1-2H3. The molecule has 9 heteroatoms. The number of nitrogens with zero attached hydrogens (tertiary/aromatic N) is 7. The molecule has 0 aliphatic carbocycles. The minimum absolute atomic E-state index is 0.0116. The fourth-order valence-corrected chi connectivity index (χ4v) is 2.38. The molecule has 9 nitrogen and oxygen atoms in total. The Bertz CT molecular complexity index is 737. The predicted molar refractivity (Wildman–Crippen MR) is 71.0 cm³/mol. The van der Waals surface area contributed by atoms with Gasteiger partial charge in [-0.25, -0.2) is 4.57 Å². The van der Waals surface area contributed by atoms with E-state index in [0.29, 0.717) is 6.42 Å². The Morgan fingerprint density at radius 2 is 2.38 bits per heavy atom. The van der Waals surface area contributed by atoms with Crippen LogP contribution in [0.1, 0.15) is 17.2 Å². The summed E-state index contributed by atoms with van der Waals surface area (Å²) in [4.78, 5) is 10.8. The highest BCUT2D eigenvalue weighted by Crippen LogP contribution is 2.33. The summed E-state index contributed by atoms with van der Waals surface area (Å²) in [5, 5.41) is 26.2. The molecule has 1 aliphatic heterocycles. The molecule has 0 saturated heterocycles. The van der Waals surface area contributed by atoms with E-state index in [0.717, 1.165) is 11.1 Å². The van der Waals surface area contributed by atoms with Gasteiger partial charge in [-0.15, -0.1) is 10.4 Å². The maximum Gasteiger partial charge on any atom is 0.259 e. The van der Waals surface area contributed by atoms with E-state index in [9.17, 15) is 10.1 Å². The molecule has 21 heavy (non-hydrogen) atoms. The maximum atomic E-state index is 11.2. The highest BCUT2D eigenvalue weighted by molar-refractivity contribution is 5.41. The minimum Gasteiger partial charge on any atom is -0.358 e. The molecule has 0 spiro atoms. The Labute approximate surface area is 120 Å². The van der Waals surface area contributed by atoms with Gasteiger partial charge in [-0.05, 0) is 18.9 Å². The van der Waals surface area contributed by atoms with E-state index in [-0.39, 0.29) is 11.6 Å². The Morgan fingerprint density at radius 1 is 1.57 bits per heavy atom. The van der Waals surface area contributed by atoms with E-state index in [2.05, 4.69) is 20.8 Å². The van der Waals surface area contributed by atoms with Crippen molar-refractivity contribution in [3.8, 4) is 0 Å². The van der Waals surface area contributed by atoms with Gasteiger partial charge in [0.15, 0.2) is 12.4 Å². The third kappa shape index (κ3) is 2.33. The SMILES string of the molecule is Cc1c[n+](C)ccc1CC1C([N+](=O)[O-])=C[N-]c2nnnn21. The molecular weight excluding hydrogens is 274 g/mol. The van der Waals surface area contributed by atoms with Crippen molar-refractivity contribution in [2.45, 2.75) is 19.4 Å². The van der Waals surface area contributed by atoms with E-state index in [1.807, 2.05) is 37.0 Å². The Balaban J connectivity index is 1.99.